The summed E-state index contributed by atoms with van der Waals surface area (Å²) in [6, 6.07) is 8.18. The third-order valence-electron chi connectivity index (χ3n) is 5.63. The molecule has 1 saturated heterocycles. The number of ketones is 1. The van der Waals surface area contributed by atoms with Crippen LogP contribution in [-0.4, -0.2) is 41.1 Å². The largest absolute Gasteiger partial charge is 0.507 e. The lowest BCUT2D eigenvalue weighted by Gasteiger charge is -2.26. The first-order chi connectivity index (χ1) is 16.7. The van der Waals surface area contributed by atoms with E-state index < -0.39 is 23.5 Å². The number of aryl methyl sites for hydroxylation is 1. The highest BCUT2D eigenvalue weighted by Gasteiger charge is 2.48. The van der Waals surface area contributed by atoms with Crippen molar-refractivity contribution < 1.29 is 29.3 Å². The lowest BCUT2D eigenvalue weighted by molar-refractivity contribution is -0.132. The predicted octanol–water partition coefficient (Wildman–Crippen LogP) is 5.05. The summed E-state index contributed by atoms with van der Waals surface area (Å²) >= 11 is 12.7. The number of halogens is 2. The maximum atomic E-state index is 13.3. The van der Waals surface area contributed by atoms with Gasteiger partial charge in [-0.25, -0.2) is 0 Å². The van der Waals surface area contributed by atoms with Gasteiger partial charge in [0.25, 0.3) is 11.7 Å². The summed E-state index contributed by atoms with van der Waals surface area (Å²) in [5.41, 5.74) is 1.03. The minimum absolute atomic E-state index is 0.0000416. The molecule has 0 saturated carbocycles. The molecule has 1 aromatic heterocycles. The average molecular weight is 515 g/mol. The lowest BCUT2D eigenvalue weighted by Crippen LogP contribution is -2.29. The number of aliphatic hydroxyl groups excluding tert-OH is 1. The summed E-state index contributed by atoms with van der Waals surface area (Å²) in [5.74, 6) is -2.56. The summed E-state index contributed by atoms with van der Waals surface area (Å²) < 4.78 is 10.6. The minimum Gasteiger partial charge on any atom is -0.507 e. The molecule has 1 aliphatic rings. The SMILES string of the molecule is COc1c(Cl)cc(/C(O)=C2\C(=O)C(=O)N(c3cc(C)ccc3O)C2c2cccnc2)c(OC)c1Cl. The molecule has 4 rings (SSSR count). The first-order valence-corrected chi connectivity index (χ1v) is 11.1. The summed E-state index contributed by atoms with van der Waals surface area (Å²) in [6.45, 7) is 1.78. The minimum atomic E-state index is -1.11. The third kappa shape index (κ3) is 4.05. The van der Waals surface area contributed by atoms with Crippen LogP contribution in [0.15, 0.2) is 54.4 Å². The number of anilines is 1. The van der Waals surface area contributed by atoms with Crippen LogP contribution in [0.2, 0.25) is 10.0 Å². The zero-order chi connectivity index (χ0) is 25.4. The van der Waals surface area contributed by atoms with Crippen LogP contribution in [0.5, 0.6) is 17.2 Å². The van der Waals surface area contributed by atoms with E-state index in [0.717, 1.165) is 10.5 Å². The molecule has 0 radical (unpaired) electrons. The monoisotopic (exact) mass is 514 g/mol. The van der Waals surface area contributed by atoms with Gasteiger partial charge in [0, 0.05) is 12.4 Å². The Hall–Kier alpha value is -3.75. The molecule has 2 aromatic carbocycles. The van der Waals surface area contributed by atoms with Crippen molar-refractivity contribution >= 4 is 46.3 Å². The Morgan fingerprint density at radius 1 is 1.09 bits per heavy atom. The number of aromatic hydroxyl groups is 1. The summed E-state index contributed by atoms with van der Waals surface area (Å²) in [4.78, 5) is 31.8. The van der Waals surface area contributed by atoms with Gasteiger partial charge in [-0.1, -0.05) is 35.3 Å². The van der Waals surface area contributed by atoms with Crippen LogP contribution in [0.4, 0.5) is 5.69 Å². The number of hydrogen-bond acceptors (Lipinski definition) is 7. The van der Waals surface area contributed by atoms with E-state index in [1.165, 1.54) is 38.7 Å². The number of pyridine rings is 1. The zero-order valence-corrected chi connectivity index (χ0v) is 20.4. The van der Waals surface area contributed by atoms with Crippen molar-refractivity contribution in [3.63, 3.8) is 0 Å². The van der Waals surface area contributed by atoms with E-state index in [4.69, 9.17) is 32.7 Å². The Balaban J connectivity index is 2.04. The molecule has 3 aromatic rings. The predicted molar refractivity (Wildman–Crippen MR) is 131 cm³/mol. The summed E-state index contributed by atoms with van der Waals surface area (Å²) in [6.07, 6.45) is 3.00. The van der Waals surface area contributed by atoms with Gasteiger partial charge in [0.15, 0.2) is 11.5 Å². The van der Waals surface area contributed by atoms with Gasteiger partial charge in [-0.2, -0.15) is 0 Å². The Bertz CT molecular complexity index is 1370. The van der Waals surface area contributed by atoms with Crippen molar-refractivity contribution in [1.82, 2.24) is 4.98 Å². The molecule has 0 spiro atoms. The van der Waals surface area contributed by atoms with E-state index in [9.17, 15) is 19.8 Å². The molecule has 180 valence electrons. The highest BCUT2D eigenvalue weighted by molar-refractivity contribution is 6.52. The Labute approximate surface area is 210 Å². The number of amides is 1. The van der Waals surface area contributed by atoms with Gasteiger partial charge in [-0.05, 0) is 42.3 Å². The number of carbonyl (C=O) groups excluding carboxylic acids is 2. The maximum absolute atomic E-state index is 13.3. The fourth-order valence-corrected chi connectivity index (χ4v) is 4.74. The van der Waals surface area contributed by atoms with Crippen LogP contribution in [-0.2, 0) is 9.59 Å². The van der Waals surface area contributed by atoms with Crippen molar-refractivity contribution in [3.8, 4) is 17.2 Å². The van der Waals surface area contributed by atoms with Gasteiger partial charge in [0.2, 0.25) is 0 Å². The number of rotatable bonds is 5. The molecule has 0 bridgehead atoms. The van der Waals surface area contributed by atoms with Crippen LogP contribution >= 0.6 is 23.2 Å². The number of aromatic nitrogens is 1. The van der Waals surface area contributed by atoms with E-state index in [-0.39, 0.29) is 44.1 Å². The van der Waals surface area contributed by atoms with Gasteiger partial charge >= 0.3 is 0 Å². The highest BCUT2D eigenvalue weighted by atomic mass is 35.5. The molecule has 2 N–H and O–H groups in total. The average Bonchev–Trinajstić information content (AvgIpc) is 3.11. The van der Waals surface area contributed by atoms with Crippen molar-refractivity contribution in [2.75, 3.05) is 19.1 Å². The lowest BCUT2D eigenvalue weighted by atomic mass is 9.95. The van der Waals surface area contributed by atoms with Crippen molar-refractivity contribution in [2.45, 2.75) is 13.0 Å². The number of phenols is 1. The molecule has 8 nitrogen and oxygen atoms in total. The normalized spacial score (nSPS) is 17.1. The van der Waals surface area contributed by atoms with Gasteiger partial charge in [-0.3, -0.25) is 19.5 Å². The maximum Gasteiger partial charge on any atom is 0.300 e. The fourth-order valence-electron chi connectivity index (χ4n) is 4.05. The van der Waals surface area contributed by atoms with Gasteiger partial charge < -0.3 is 19.7 Å². The Kier molecular flexibility index (Phi) is 6.60. The molecule has 1 amide bonds. The van der Waals surface area contributed by atoms with E-state index in [2.05, 4.69) is 4.98 Å². The van der Waals surface area contributed by atoms with Crippen LogP contribution in [0, 0.1) is 6.92 Å². The fraction of sp³-hybridized carbons (Fsp3) is 0.160. The number of nitrogens with zero attached hydrogens (tertiary/aromatic N) is 2. The number of methoxy groups -OCH3 is 2. The zero-order valence-electron chi connectivity index (χ0n) is 18.9. The quantitative estimate of drug-likeness (QED) is 0.278. The number of aliphatic hydroxyl groups is 1. The Morgan fingerprint density at radius 3 is 2.43 bits per heavy atom. The molecule has 1 atom stereocenters. The van der Waals surface area contributed by atoms with E-state index in [1.807, 2.05) is 0 Å². The van der Waals surface area contributed by atoms with Crippen LogP contribution in [0.3, 0.4) is 0 Å². The van der Waals surface area contributed by atoms with Gasteiger partial charge in [0.05, 0.1) is 42.1 Å². The van der Waals surface area contributed by atoms with Gasteiger partial charge in [0.1, 0.15) is 16.5 Å². The second-order valence-corrected chi connectivity index (χ2v) is 8.52. The van der Waals surface area contributed by atoms with E-state index in [0.29, 0.717) is 5.56 Å². The molecule has 1 unspecified atom stereocenters. The second kappa shape index (κ2) is 9.48. The number of ether oxygens (including phenoxy) is 2. The van der Waals surface area contributed by atoms with Crippen LogP contribution in [0.1, 0.15) is 22.7 Å². The number of hydrogen-bond donors (Lipinski definition) is 2. The highest BCUT2D eigenvalue weighted by Crippen LogP contribution is 2.48. The first kappa shape index (κ1) is 24.4. The molecular weight excluding hydrogens is 495 g/mol. The van der Waals surface area contributed by atoms with E-state index in [1.54, 1.807) is 31.2 Å². The number of carbonyl (C=O) groups is 2. The standard InChI is InChI=1S/C25H20Cl2N2O6/c1-12-6-7-17(30)16(9-12)29-20(13-5-4-8-28-11-13)18(22(32)25(29)33)21(31)14-10-15(26)24(35-3)19(27)23(14)34-2/h4-11,20,30-31H,1-3H3/b21-18+. The second-order valence-electron chi connectivity index (χ2n) is 7.73. The van der Waals surface area contributed by atoms with E-state index >= 15 is 0 Å². The van der Waals surface area contributed by atoms with Crippen molar-refractivity contribution in [2.24, 2.45) is 0 Å². The molecule has 2 heterocycles. The summed E-state index contributed by atoms with van der Waals surface area (Å²) in [7, 11) is 2.70. The topological polar surface area (TPSA) is 109 Å². The smallest absolute Gasteiger partial charge is 0.300 e. The van der Waals surface area contributed by atoms with Crippen molar-refractivity contribution in [3.05, 3.63) is 81.1 Å². The Morgan fingerprint density at radius 2 is 1.80 bits per heavy atom. The molecule has 1 aliphatic heterocycles. The molecule has 35 heavy (non-hydrogen) atoms. The molecule has 10 heteroatoms. The molecule has 0 aliphatic carbocycles. The van der Waals surface area contributed by atoms with Crippen LogP contribution < -0.4 is 14.4 Å². The molecule has 1 fully saturated rings. The van der Waals surface area contributed by atoms with Crippen LogP contribution in [0.25, 0.3) is 5.76 Å². The summed E-state index contributed by atoms with van der Waals surface area (Å²) in [5, 5.41) is 22.0. The first-order valence-electron chi connectivity index (χ1n) is 10.3. The number of Topliss-reactive ketones (excluding diaryl/α,β-unsaturated/α-hetero) is 1. The third-order valence-corrected chi connectivity index (χ3v) is 6.25. The van der Waals surface area contributed by atoms with Crippen molar-refractivity contribution in [1.29, 1.82) is 0 Å². The number of benzene rings is 2. The van der Waals surface area contributed by atoms with Gasteiger partial charge in [-0.15, -0.1) is 0 Å². The molecular formula is C25H20Cl2N2O6. The number of phenolic OH excluding ortho intramolecular Hbond substituents is 1.